The van der Waals surface area contributed by atoms with Crippen molar-refractivity contribution in [1.82, 2.24) is 30.4 Å². The van der Waals surface area contributed by atoms with Crippen LogP contribution in [0.4, 0.5) is 0 Å². The van der Waals surface area contributed by atoms with Crippen molar-refractivity contribution in [3.05, 3.63) is 29.4 Å². The minimum Gasteiger partial charge on any atom is -0.361 e. The zero-order valence-corrected chi connectivity index (χ0v) is 11.4. The standard InChI is InChI=1S/C12H16N6O2/c1-8-3-9(15-20-8)6-17(2)12(19)11-7-18(16-14-11)10-4-13-5-10/h3,7,10,13H,4-6H2,1-2H3. The summed E-state index contributed by atoms with van der Waals surface area (Å²) in [4.78, 5) is 13.8. The second-order valence-corrected chi connectivity index (χ2v) is 4.99. The van der Waals surface area contributed by atoms with Crippen LogP contribution in [0.3, 0.4) is 0 Å². The van der Waals surface area contributed by atoms with Crippen LogP contribution in [0.5, 0.6) is 0 Å². The summed E-state index contributed by atoms with van der Waals surface area (Å²) in [6.45, 7) is 3.93. The predicted molar refractivity (Wildman–Crippen MR) is 69.0 cm³/mol. The highest BCUT2D eigenvalue weighted by atomic mass is 16.5. The molecule has 3 heterocycles. The van der Waals surface area contributed by atoms with E-state index in [9.17, 15) is 4.79 Å². The topological polar surface area (TPSA) is 89.1 Å². The first-order chi connectivity index (χ1) is 9.63. The Balaban J connectivity index is 1.66. The van der Waals surface area contributed by atoms with Gasteiger partial charge in [-0.25, -0.2) is 4.68 Å². The third-order valence-electron chi connectivity index (χ3n) is 3.29. The van der Waals surface area contributed by atoms with Crippen LogP contribution >= 0.6 is 0 Å². The number of hydrogen-bond acceptors (Lipinski definition) is 6. The molecule has 0 atom stereocenters. The summed E-state index contributed by atoms with van der Waals surface area (Å²) in [6, 6.07) is 2.10. The Kier molecular flexibility index (Phi) is 3.23. The largest absolute Gasteiger partial charge is 0.361 e. The van der Waals surface area contributed by atoms with E-state index in [1.807, 2.05) is 6.92 Å². The molecule has 1 fully saturated rings. The van der Waals surface area contributed by atoms with E-state index in [1.54, 1.807) is 28.9 Å². The van der Waals surface area contributed by atoms with E-state index in [0.29, 0.717) is 24.0 Å². The summed E-state index contributed by atoms with van der Waals surface area (Å²) in [5.74, 6) is 0.550. The van der Waals surface area contributed by atoms with Crippen molar-refractivity contribution in [2.45, 2.75) is 19.5 Å². The summed E-state index contributed by atoms with van der Waals surface area (Å²) in [5, 5.41) is 15.0. The van der Waals surface area contributed by atoms with Crippen molar-refractivity contribution in [2.24, 2.45) is 0 Å². The highest BCUT2D eigenvalue weighted by molar-refractivity contribution is 5.91. The Morgan fingerprint density at radius 2 is 2.40 bits per heavy atom. The van der Waals surface area contributed by atoms with Gasteiger partial charge in [-0.3, -0.25) is 4.79 Å². The minimum absolute atomic E-state index is 0.177. The molecule has 0 unspecified atom stereocenters. The molecule has 0 bridgehead atoms. The molecule has 20 heavy (non-hydrogen) atoms. The van der Waals surface area contributed by atoms with E-state index < -0.39 is 0 Å². The van der Waals surface area contributed by atoms with Crippen molar-refractivity contribution in [3.63, 3.8) is 0 Å². The van der Waals surface area contributed by atoms with Gasteiger partial charge in [-0.05, 0) is 6.92 Å². The molecule has 0 spiro atoms. The molecule has 2 aromatic heterocycles. The lowest BCUT2D eigenvalue weighted by atomic mass is 10.2. The molecule has 0 aliphatic carbocycles. The summed E-state index contributed by atoms with van der Waals surface area (Å²) in [6.07, 6.45) is 1.69. The van der Waals surface area contributed by atoms with E-state index in [1.165, 1.54) is 0 Å². The predicted octanol–water partition coefficient (Wildman–Crippen LogP) is -0.00898. The van der Waals surface area contributed by atoms with Crippen LogP contribution in [0, 0.1) is 6.92 Å². The monoisotopic (exact) mass is 276 g/mol. The highest BCUT2D eigenvalue weighted by Crippen LogP contribution is 2.12. The SMILES string of the molecule is Cc1cc(CN(C)C(=O)c2cn(C3CNC3)nn2)no1. The smallest absolute Gasteiger partial charge is 0.276 e. The molecule has 1 aliphatic heterocycles. The van der Waals surface area contributed by atoms with Gasteiger partial charge in [-0.1, -0.05) is 10.4 Å². The van der Waals surface area contributed by atoms with Gasteiger partial charge in [-0.2, -0.15) is 0 Å². The first-order valence-electron chi connectivity index (χ1n) is 6.43. The number of carbonyl (C=O) groups excluding carboxylic acids is 1. The van der Waals surface area contributed by atoms with Crippen LogP contribution in [0.15, 0.2) is 16.8 Å². The lowest BCUT2D eigenvalue weighted by Crippen LogP contribution is -2.43. The van der Waals surface area contributed by atoms with Gasteiger partial charge in [0.25, 0.3) is 5.91 Å². The molecule has 1 N–H and O–H groups in total. The van der Waals surface area contributed by atoms with Gasteiger partial charge in [0.1, 0.15) is 11.5 Å². The van der Waals surface area contributed by atoms with Crippen LogP contribution in [0.25, 0.3) is 0 Å². The maximum absolute atomic E-state index is 12.2. The Bertz CT molecular complexity index is 615. The van der Waals surface area contributed by atoms with Gasteiger partial charge in [0.15, 0.2) is 5.69 Å². The maximum Gasteiger partial charge on any atom is 0.276 e. The molecule has 106 valence electrons. The zero-order chi connectivity index (χ0) is 14.1. The number of nitrogens with zero attached hydrogens (tertiary/aromatic N) is 5. The Hall–Kier alpha value is -2.22. The van der Waals surface area contributed by atoms with Gasteiger partial charge >= 0.3 is 0 Å². The van der Waals surface area contributed by atoms with Crippen LogP contribution < -0.4 is 5.32 Å². The Morgan fingerprint density at radius 1 is 1.60 bits per heavy atom. The van der Waals surface area contributed by atoms with Crippen LogP contribution in [-0.2, 0) is 6.54 Å². The number of rotatable bonds is 4. The second-order valence-electron chi connectivity index (χ2n) is 4.99. The fourth-order valence-electron chi connectivity index (χ4n) is 2.02. The third kappa shape index (κ3) is 2.42. The highest BCUT2D eigenvalue weighted by Gasteiger charge is 2.23. The maximum atomic E-state index is 12.2. The first-order valence-corrected chi connectivity index (χ1v) is 6.43. The van der Waals surface area contributed by atoms with Gasteiger partial charge in [-0.15, -0.1) is 5.10 Å². The second kappa shape index (κ2) is 5.04. The van der Waals surface area contributed by atoms with Crippen LogP contribution in [0.1, 0.15) is 28.0 Å². The van der Waals surface area contributed by atoms with E-state index >= 15 is 0 Å². The molecule has 8 nitrogen and oxygen atoms in total. The number of carbonyl (C=O) groups is 1. The molecular formula is C12H16N6O2. The Morgan fingerprint density at radius 3 is 3.00 bits per heavy atom. The molecular weight excluding hydrogens is 260 g/mol. The number of aryl methyl sites for hydroxylation is 1. The van der Waals surface area contributed by atoms with Gasteiger partial charge in [0.2, 0.25) is 0 Å². The van der Waals surface area contributed by atoms with Gasteiger partial charge in [0.05, 0.1) is 18.8 Å². The molecule has 0 aromatic carbocycles. The van der Waals surface area contributed by atoms with E-state index in [4.69, 9.17) is 4.52 Å². The number of amides is 1. The van der Waals surface area contributed by atoms with Crippen molar-refractivity contribution in [1.29, 1.82) is 0 Å². The molecule has 0 radical (unpaired) electrons. The lowest BCUT2D eigenvalue weighted by molar-refractivity contribution is 0.0776. The van der Waals surface area contributed by atoms with E-state index in [2.05, 4.69) is 20.8 Å². The lowest BCUT2D eigenvalue weighted by Gasteiger charge is -2.26. The molecule has 8 heteroatoms. The average molecular weight is 276 g/mol. The normalized spacial score (nSPS) is 15.1. The average Bonchev–Trinajstić information content (AvgIpc) is 2.96. The number of hydrogen-bond donors (Lipinski definition) is 1. The van der Waals surface area contributed by atoms with E-state index in [-0.39, 0.29) is 5.91 Å². The van der Waals surface area contributed by atoms with Crippen LogP contribution in [0.2, 0.25) is 0 Å². The molecule has 2 aromatic rings. The number of nitrogens with one attached hydrogen (secondary N) is 1. The van der Waals surface area contributed by atoms with E-state index in [0.717, 1.165) is 18.8 Å². The quantitative estimate of drug-likeness (QED) is 0.845. The summed E-state index contributed by atoms with van der Waals surface area (Å²) in [7, 11) is 1.70. The molecule has 1 saturated heterocycles. The summed E-state index contributed by atoms with van der Waals surface area (Å²) < 4.78 is 6.72. The van der Waals surface area contributed by atoms with Crippen LogP contribution in [-0.4, -0.2) is 51.1 Å². The van der Waals surface area contributed by atoms with Gasteiger partial charge in [0, 0.05) is 26.2 Å². The molecule has 3 rings (SSSR count). The summed E-state index contributed by atoms with van der Waals surface area (Å²) >= 11 is 0. The van der Waals surface area contributed by atoms with Crippen molar-refractivity contribution in [3.8, 4) is 0 Å². The molecule has 0 saturated carbocycles. The summed E-state index contributed by atoms with van der Waals surface area (Å²) in [5.41, 5.74) is 1.06. The fraction of sp³-hybridized carbons (Fsp3) is 0.500. The molecule has 1 aliphatic rings. The molecule has 1 amide bonds. The zero-order valence-electron chi connectivity index (χ0n) is 11.4. The Labute approximate surface area is 115 Å². The minimum atomic E-state index is -0.177. The first kappa shape index (κ1) is 12.8. The fourth-order valence-corrected chi connectivity index (χ4v) is 2.02. The van der Waals surface area contributed by atoms with Crippen molar-refractivity contribution < 1.29 is 9.32 Å². The third-order valence-corrected chi connectivity index (χ3v) is 3.29. The van der Waals surface area contributed by atoms with Crippen molar-refractivity contribution in [2.75, 3.05) is 20.1 Å². The van der Waals surface area contributed by atoms with Gasteiger partial charge < -0.3 is 14.7 Å². The van der Waals surface area contributed by atoms with Crippen molar-refractivity contribution >= 4 is 5.91 Å². The number of aromatic nitrogens is 4.